The third-order valence-corrected chi connectivity index (χ3v) is 4.66. The highest BCUT2D eigenvalue weighted by Gasteiger charge is 2.21. The van der Waals surface area contributed by atoms with Crippen molar-refractivity contribution < 1.29 is 28.5 Å². The molecule has 2 N–H and O–H groups in total. The third-order valence-electron chi connectivity index (χ3n) is 4.66. The second-order valence-corrected chi connectivity index (χ2v) is 7.50. The summed E-state index contributed by atoms with van der Waals surface area (Å²) in [6.07, 6.45) is 2.86. The maximum atomic E-state index is 10.6. The highest BCUT2D eigenvalue weighted by atomic mass is 16.6. The van der Waals surface area contributed by atoms with Crippen LogP contribution in [0, 0.1) is 5.92 Å². The lowest BCUT2D eigenvalue weighted by Crippen LogP contribution is -2.35. The van der Waals surface area contributed by atoms with Gasteiger partial charge in [0, 0.05) is 11.6 Å². The summed E-state index contributed by atoms with van der Waals surface area (Å²) in [7, 11) is 0. The highest BCUT2D eigenvalue weighted by Crippen LogP contribution is 2.31. The summed E-state index contributed by atoms with van der Waals surface area (Å²) in [5.74, 6) is 3.51. The van der Waals surface area contributed by atoms with E-state index in [0.717, 1.165) is 17.9 Å². The fraction of sp³-hybridized carbons (Fsp3) is 0.304. The van der Waals surface area contributed by atoms with Gasteiger partial charge in [0.2, 0.25) is 5.89 Å². The molecule has 3 aromatic rings. The van der Waals surface area contributed by atoms with Crippen molar-refractivity contribution in [3.05, 3.63) is 54.7 Å². The van der Waals surface area contributed by atoms with E-state index in [1.165, 1.54) is 19.0 Å². The van der Waals surface area contributed by atoms with E-state index in [9.17, 15) is 4.79 Å². The molecule has 1 aliphatic rings. The molecule has 1 heterocycles. The van der Waals surface area contributed by atoms with Gasteiger partial charge in [0.05, 0.1) is 12.6 Å². The molecule has 31 heavy (non-hydrogen) atoms. The lowest BCUT2D eigenvalue weighted by molar-refractivity contribution is 0.176. The summed E-state index contributed by atoms with van der Waals surface area (Å²) in [4.78, 5) is 14.8. The van der Waals surface area contributed by atoms with Crippen molar-refractivity contribution in [2.75, 3.05) is 13.2 Å². The first-order valence-electron chi connectivity index (χ1n) is 10.1. The first-order valence-corrected chi connectivity index (χ1v) is 10.1. The first kappa shape index (κ1) is 20.6. The number of carbonyl (C=O) groups is 1. The fourth-order valence-electron chi connectivity index (χ4n) is 2.85. The van der Waals surface area contributed by atoms with E-state index < -0.39 is 6.09 Å². The summed E-state index contributed by atoms with van der Waals surface area (Å²) in [5.41, 5.74) is 0.764. The Morgan fingerprint density at radius 2 is 1.94 bits per heavy atom. The van der Waals surface area contributed by atoms with Crippen LogP contribution in [0.5, 0.6) is 23.2 Å². The molecule has 162 valence electrons. The molecule has 0 saturated heterocycles. The van der Waals surface area contributed by atoms with Crippen LogP contribution in [0.3, 0.4) is 0 Å². The number of benzene rings is 2. The van der Waals surface area contributed by atoms with E-state index in [0.29, 0.717) is 23.3 Å². The van der Waals surface area contributed by atoms with Crippen LogP contribution < -0.4 is 19.5 Å². The zero-order chi connectivity index (χ0) is 21.6. The van der Waals surface area contributed by atoms with Gasteiger partial charge in [-0.2, -0.15) is 0 Å². The smallest absolute Gasteiger partial charge is 0.404 e. The molecule has 8 heteroatoms. The van der Waals surface area contributed by atoms with Gasteiger partial charge in [-0.05, 0) is 62.1 Å². The molecule has 0 bridgehead atoms. The third kappa shape index (κ3) is 6.15. The lowest BCUT2D eigenvalue weighted by atomic mass is 10.2. The molecule has 1 aliphatic carbocycles. The molecule has 1 aromatic heterocycles. The second kappa shape index (κ2) is 9.42. The molecular formula is C23H24N2O6. The number of hydrogen-bond acceptors (Lipinski definition) is 6. The first-order chi connectivity index (χ1) is 15.0. The van der Waals surface area contributed by atoms with E-state index in [4.69, 9.17) is 23.7 Å². The Balaban J connectivity index is 1.32. The fourth-order valence-corrected chi connectivity index (χ4v) is 2.85. The van der Waals surface area contributed by atoms with E-state index in [-0.39, 0.29) is 18.6 Å². The number of aromatic nitrogens is 1. The molecule has 1 saturated carbocycles. The number of ether oxygens (including phenoxy) is 3. The van der Waals surface area contributed by atoms with Gasteiger partial charge >= 0.3 is 12.0 Å². The van der Waals surface area contributed by atoms with E-state index in [2.05, 4.69) is 10.3 Å². The van der Waals surface area contributed by atoms with Crippen molar-refractivity contribution in [2.24, 2.45) is 5.92 Å². The Kier molecular flexibility index (Phi) is 6.26. The Bertz CT molecular complexity index is 1010. The average molecular weight is 424 g/mol. The van der Waals surface area contributed by atoms with Crippen molar-refractivity contribution in [3.63, 3.8) is 0 Å². The molecule has 8 nitrogen and oxygen atoms in total. The standard InChI is InChI=1S/C23H24N2O6/c1-15(25-23(26)27)13-29-21-12-24-22(31-21)17-7-9-18(10-8-17)30-20-4-2-3-19(11-20)28-14-16-5-6-16/h2-4,7-12,15-16,25H,5-6,13-14H2,1H3,(H,26,27). The van der Waals surface area contributed by atoms with Gasteiger partial charge in [-0.3, -0.25) is 0 Å². The molecule has 2 aromatic carbocycles. The average Bonchev–Trinajstić information content (AvgIpc) is 3.47. The number of rotatable bonds is 10. The van der Waals surface area contributed by atoms with Crippen LogP contribution in [0.2, 0.25) is 0 Å². The number of amides is 1. The van der Waals surface area contributed by atoms with Crippen molar-refractivity contribution in [1.82, 2.24) is 10.3 Å². The summed E-state index contributed by atoms with van der Waals surface area (Å²) in [5, 5.41) is 11.0. The van der Waals surface area contributed by atoms with Crippen molar-refractivity contribution >= 4 is 6.09 Å². The van der Waals surface area contributed by atoms with Crippen LogP contribution in [0.4, 0.5) is 4.79 Å². The summed E-state index contributed by atoms with van der Waals surface area (Å²) in [6, 6.07) is 14.6. The van der Waals surface area contributed by atoms with E-state index >= 15 is 0 Å². The Hall–Kier alpha value is -3.68. The zero-order valence-electron chi connectivity index (χ0n) is 17.1. The van der Waals surface area contributed by atoms with Crippen LogP contribution >= 0.6 is 0 Å². The molecule has 0 spiro atoms. The van der Waals surface area contributed by atoms with E-state index in [1.54, 1.807) is 6.92 Å². The monoisotopic (exact) mass is 424 g/mol. The molecule has 1 fully saturated rings. The van der Waals surface area contributed by atoms with Gasteiger partial charge in [-0.25, -0.2) is 9.78 Å². The van der Waals surface area contributed by atoms with Gasteiger partial charge in [-0.1, -0.05) is 6.07 Å². The largest absolute Gasteiger partial charge is 0.493 e. The minimum Gasteiger partial charge on any atom is -0.493 e. The molecule has 0 radical (unpaired) electrons. The Morgan fingerprint density at radius 3 is 2.68 bits per heavy atom. The molecule has 1 atom stereocenters. The van der Waals surface area contributed by atoms with Gasteiger partial charge in [0.25, 0.3) is 0 Å². The predicted molar refractivity (Wildman–Crippen MR) is 113 cm³/mol. The number of oxazole rings is 1. The Labute approximate surface area is 179 Å². The molecule has 0 aliphatic heterocycles. The number of nitrogens with zero attached hydrogens (tertiary/aromatic N) is 1. The highest BCUT2D eigenvalue weighted by molar-refractivity contribution is 5.64. The quantitative estimate of drug-likeness (QED) is 0.474. The van der Waals surface area contributed by atoms with Gasteiger partial charge < -0.3 is 29.1 Å². The molecule has 4 rings (SSSR count). The maximum Gasteiger partial charge on any atom is 0.404 e. The SMILES string of the molecule is CC(COc1cnc(-c2ccc(Oc3cccc(OCC4CC4)c3)cc2)o1)NC(=O)O. The van der Waals surface area contributed by atoms with Gasteiger partial charge in [0.15, 0.2) is 0 Å². The zero-order valence-corrected chi connectivity index (χ0v) is 17.1. The van der Waals surface area contributed by atoms with Crippen LogP contribution in [-0.4, -0.2) is 35.4 Å². The minimum atomic E-state index is -1.10. The molecule has 1 unspecified atom stereocenters. The van der Waals surface area contributed by atoms with Crippen molar-refractivity contribution in [2.45, 2.75) is 25.8 Å². The summed E-state index contributed by atoms with van der Waals surface area (Å²) < 4.78 is 22.7. The summed E-state index contributed by atoms with van der Waals surface area (Å²) >= 11 is 0. The molecule has 1 amide bonds. The topological polar surface area (TPSA) is 103 Å². The second-order valence-electron chi connectivity index (χ2n) is 7.50. The van der Waals surface area contributed by atoms with Crippen LogP contribution in [0.1, 0.15) is 19.8 Å². The molecular weight excluding hydrogens is 400 g/mol. The van der Waals surface area contributed by atoms with Crippen molar-refractivity contribution in [1.29, 1.82) is 0 Å². The number of hydrogen-bond donors (Lipinski definition) is 2. The summed E-state index contributed by atoms with van der Waals surface area (Å²) in [6.45, 7) is 2.59. The lowest BCUT2D eigenvalue weighted by Gasteiger charge is -2.10. The van der Waals surface area contributed by atoms with Gasteiger partial charge in [-0.15, -0.1) is 0 Å². The van der Waals surface area contributed by atoms with Gasteiger partial charge in [0.1, 0.15) is 30.1 Å². The van der Waals surface area contributed by atoms with Crippen LogP contribution in [0.15, 0.2) is 59.1 Å². The maximum absolute atomic E-state index is 10.6. The van der Waals surface area contributed by atoms with Crippen LogP contribution in [-0.2, 0) is 0 Å². The Morgan fingerprint density at radius 1 is 1.16 bits per heavy atom. The number of carboxylic acid groups (broad SMARTS) is 1. The minimum absolute atomic E-state index is 0.136. The predicted octanol–water partition coefficient (Wildman–Crippen LogP) is 4.96. The van der Waals surface area contributed by atoms with Crippen molar-refractivity contribution in [3.8, 4) is 34.6 Å². The normalized spacial score (nSPS) is 14.0. The number of nitrogens with one attached hydrogen (secondary N) is 1. The van der Waals surface area contributed by atoms with E-state index in [1.807, 2.05) is 48.5 Å². The van der Waals surface area contributed by atoms with Crippen LogP contribution in [0.25, 0.3) is 11.5 Å².